The van der Waals surface area contributed by atoms with Gasteiger partial charge in [0.2, 0.25) is 17.1 Å². The van der Waals surface area contributed by atoms with Crippen molar-refractivity contribution < 1.29 is 0 Å². The van der Waals surface area contributed by atoms with Gasteiger partial charge in [-0.2, -0.15) is 15.0 Å². The Bertz CT molecular complexity index is 566. The monoisotopic (exact) mass is 272 g/mol. The molecule has 0 spiro atoms. The largest absolute Gasteiger partial charge is 0.337 e. The first kappa shape index (κ1) is 11.0. The van der Waals surface area contributed by atoms with Crippen molar-refractivity contribution in [3.05, 3.63) is 24.4 Å². The third-order valence-electron chi connectivity index (χ3n) is 2.89. The molecular formula is C12H12N6S. The highest BCUT2D eigenvalue weighted by molar-refractivity contribution is 7.99. The van der Waals surface area contributed by atoms with Crippen LogP contribution in [0.4, 0.5) is 11.9 Å². The van der Waals surface area contributed by atoms with E-state index in [0.717, 1.165) is 48.3 Å². The van der Waals surface area contributed by atoms with Crippen LogP contribution in [0.5, 0.6) is 0 Å². The minimum atomic E-state index is 0.720. The number of nitrogens with zero attached hydrogens (tertiary/aromatic N) is 6. The molecule has 2 aliphatic rings. The van der Waals surface area contributed by atoms with Gasteiger partial charge in [0.1, 0.15) is 5.03 Å². The molecule has 0 aromatic carbocycles. The molecule has 4 rings (SSSR count). The summed E-state index contributed by atoms with van der Waals surface area (Å²) in [7, 11) is 0. The third kappa shape index (κ3) is 2.46. The van der Waals surface area contributed by atoms with Gasteiger partial charge >= 0.3 is 0 Å². The second-order valence-corrected chi connectivity index (χ2v) is 5.45. The van der Waals surface area contributed by atoms with Gasteiger partial charge in [-0.25, -0.2) is 4.98 Å². The Morgan fingerprint density at radius 2 is 1.58 bits per heavy atom. The zero-order valence-corrected chi connectivity index (χ0v) is 11.0. The maximum atomic E-state index is 4.50. The molecule has 0 aliphatic carbocycles. The first-order valence-electron chi connectivity index (χ1n) is 6.23. The number of anilines is 2. The van der Waals surface area contributed by atoms with E-state index in [2.05, 4.69) is 29.7 Å². The molecule has 0 amide bonds. The highest BCUT2D eigenvalue weighted by atomic mass is 32.2. The summed E-state index contributed by atoms with van der Waals surface area (Å²) in [5.74, 6) is 1.57. The summed E-state index contributed by atoms with van der Waals surface area (Å²) in [5.41, 5.74) is 0. The van der Waals surface area contributed by atoms with E-state index in [0.29, 0.717) is 0 Å². The zero-order chi connectivity index (χ0) is 12.7. The Morgan fingerprint density at radius 3 is 2.11 bits per heavy atom. The van der Waals surface area contributed by atoms with Gasteiger partial charge in [-0.3, -0.25) is 0 Å². The van der Waals surface area contributed by atoms with E-state index in [4.69, 9.17) is 0 Å². The smallest absolute Gasteiger partial charge is 0.231 e. The molecule has 7 heteroatoms. The minimum Gasteiger partial charge on any atom is -0.337 e. The Morgan fingerprint density at radius 1 is 0.895 bits per heavy atom. The fraction of sp³-hybridized carbons (Fsp3) is 0.333. The molecule has 2 aliphatic heterocycles. The van der Waals surface area contributed by atoms with Gasteiger partial charge < -0.3 is 9.80 Å². The predicted octanol–water partition coefficient (Wildman–Crippen LogP) is 1.06. The first-order chi connectivity index (χ1) is 9.38. The Balaban J connectivity index is 1.66. The van der Waals surface area contributed by atoms with Crippen LogP contribution >= 0.6 is 11.8 Å². The summed E-state index contributed by atoms with van der Waals surface area (Å²) >= 11 is 1.48. The van der Waals surface area contributed by atoms with Crippen LogP contribution in [-0.2, 0) is 0 Å². The zero-order valence-electron chi connectivity index (χ0n) is 10.2. The van der Waals surface area contributed by atoms with Gasteiger partial charge in [0.25, 0.3) is 0 Å². The Labute approximate surface area is 114 Å². The van der Waals surface area contributed by atoms with Gasteiger partial charge in [0.15, 0.2) is 0 Å². The Kier molecular flexibility index (Phi) is 2.51. The van der Waals surface area contributed by atoms with Crippen molar-refractivity contribution in [1.82, 2.24) is 19.9 Å². The van der Waals surface area contributed by atoms with Crippen molar-refractivity contribution >= 4 is 23.7 Å². The summed E-state index contributed by atoms with van der Waals surface area (Å²) in [6.07, 6.45) is 1.78. The van der Waals surface area contributed by atoms with Crippen molar-refractivity contribution in [3.63, 3.8) is 0 Å². The van der Waals surface area contributed by atoms with Crippen LogP contribution < -0.4 is 9.80 Å². The topological polar surface area (TPSA) is 57.6 Å². The summed E-state index contributed by atoms with van der Waals surface area (Å²) in [4.78, 5) is 22.1. The maximum Gasteiger partial charge on any atom is 0.231 e. The summed E-state index contributed by atoms with van der Waals surface area (Å²) < 4.78 is 0. The van der Waals surface area contributed by atoms with Gasteiger partial charge in [-0.1, -0.05) is 6.07 Å². The molecule has 0 atom stereocenters. The quantitative estimate of drug-likeness (QED) is 0.771. The van der Waals surface area contributed by atoms with Gasteiger partial charge in [-0.15, -0.1) is 0 Å². The van der Waals surface area contributed by atoms with Crippen molar-refractivity contribution in [2.24, 2.45) is 0 Å². The molecule has 19 heavy (non-hydrogen) atoms. The van der Waals surface area contributed by atoms with Gasteiger partial charge in [0.05, 0.1) is 0 Å². The highest BCUT2D eigenvalue weighted by Crippen LogP contribution is 2.28. The molecule has 0 unspecified atom stereocenters. The lowest BCUT2D eigenvalue weighted by Gasteiger charge is -2.07. The van der Waals surface area contributed by atoms with E-state index in [-0.39, 0.29) is 0 Å². The fourth-order valence-corrected chi connectivity index (χ4v) is 2.37. The summed E-state index contributed by atoms with van der Waals surface area (Å²) in [6.45, 7) is 4.16. The number of hydrogen-bond acceptors (Lipinski definition) is 7. The predicted molar refractivity (Wildman–Crippen MR) is 72.6 cm³/mol. The van der Waals surface area contributed by atoms with E-state index in [9.17, 15) is 0 Å². The molecular weight excluding hydrogens is 260 g/mol. The number of pyridine rings is 1. The first-order valence-corrected chi connectivity index (χ1v) is 7.05. The number of rotatable bonds is 4. The SMILES string of the molecule is c1ccc(Sc2nc(N3CC3)nc(N3CC3)n2)nc1. The van der Waals surface area contributed by atoms with E-state index < -0.39 is 0 Å². The average molecular weight is 272 g/mol. The lowest BCUT2D eigenvalue weighted by atomic mass is 10.5. The van der Waals surface area contributed by atoms with Crippen LogP contribution in [0.15, 0.2) is 34.6 Å². The van der Waals surface area contributed by atoms with E-state index in [1.165, 1.54) is 11.8 Å². The van der Waals surface area contributed by atoms with Crippen LogP contribution in [0.2, 0.25) is 0 Å². The number of hydrogen-bond donors (Lipinski definition) is 0. The molecule has 4 heterocycles. The lowest BCUT2D eigenvalue weighted by molar-refractivity contribution is 0.885. The molecule has 2 fully saturated rings. The van der Waals surface area contributed by atoms with E-state index in [1.807, 2.05) is 18.2 Å². The molecule has 2 saturated heterocycles. The maximum absolute atomic E-state index is 4.50. The summed E-state index contributed by atoms with van der Waals surface area (Å²) in [5, 5.41) is 1.62. The van der Waals surface area contributed by atoms with E-state index in [1.54, 1.807) is 6.20 Å². The number of aromatic nitrogens is 4. The summed E-state index contributed by atoms with van der Waals surface area (Å²) in [6, 6.07) is 5.83. The van der Waals surface area contributed by atoms with Crippen LogP contribution in [0.3, 0.4) is 0 Å². The molecule has 2 aromatic rings. The van der Waals surface area contributed by atoms with Crippen molar-refractivity contribution in [3.8, 4) is 0 Å². The molecule has 0 bridgehead atoms. The normalized spacial score (nSPS) is 16.6. The molecule has 96 valence electrons. The molecule has 6 nitrogen and oxygen atoms in total. The molecule has 0 radical (unpaired) electrons. The van der Waals surface area contributed by atoms with Crippen molar-refractivity contribution in [1.29, 1.82) is 0 Å². The highest BCUT2D eigenvalue weighted by Gasteiger charge is 2.27. The second-order valence-electron chi connectivity index (χ2n) is 4.46. The second kappa shape index (κ2) is 4.34. The molecule has 0 N–H and O–H groups in total. The van der Waals surface area contributed by atoms with Crippen LogP contribution in [0, 0.1) is 0 Å². The lowest BCUT2D eigenvalue weighted by Crippen LogP contribution is -2.07. The third-order valence-corrected chi connectivity index (χ3v) is 3.70. The average Bonchev–Trinajstić information content (AvgIpc) is 3.31. The van der Waals surface area contributed by atoms with Crippen LogP contribution in [0.1, 0.15) is 0 Å². The van der Waals surface area contributed by atoms with Crippen molar-refractivity contribution in [2.45, 2.75) is 10.2 Å². The van der Waals surface area contributed by atoms with Crippen LogP contribution in [-0.4, -0.2) is 46.1 Å². The Hall–Kier alpha value is -1.89. The van der Waals surface area contributed by atoms with Crippen LogP contribution in [0.25, 0.3) is 0 Å². The minimum absolute atomic E-state index is 0.720. The fourth-order valence-electron chi connectivity index (χ4n) is 1.67. The standard InChI is InChI=1S/C12H12N6S/c1-2-4-13-9(3-1)19-12-15-10(17-5-6-17)14-11(16-12)18-7-8-18/h1-4H,5-8H2. The van der Waals surface area contributed by atoms with Gasteiger partial charge in [0, 0.05) is 32.4 Å². The van der Waals surface area contributed by atoms with E-state index >= 15 is 0 Å². The molecule has 0 saturated carbocycles. The van der Waals surface area contributed by atoms with Crippen molar-refractivity contribution in [2.75, 3.05) is 36.0 Å². The molecule has 2 aromatic heterocycles. The van der Waals surface area contributed by atoms with Gasteiger partial charge in [-0.05, 0) is 23.9 Å².